The van der Waals surface area contributed by atoms with Gasteiger partial charge >= 0.3 is 0 Å². The van der Waals surface area contributed by atoms with Crippen molar-refractivity contribution in [2.24, 2.45) is 0 Å². The average Bonchev–Trinajstić information content (AvgIpc) is 2.30. The van der Waals surface area contributed by atoms with E-state index < -0.39 is 0 Å². The number of aliphatic hydroxyl groups excluding tert-OH is 1. The fourth-order valence-corrected chi connectivity index (χ4v) is 2.66. The molecule has 0 atom stereocenters. The van der Waals surface area contributed by atoms with E-state index in [2.05, 4.69) is 33.4 Å². The second-order valence-corrected chi connectivity index (χ2v) is 5.11. The van der Waals surface area contributed by atoms with Gasteiger partial charge in [-0.3, -0.25) is 0 Å². The lowest BCUT2D eigenvalue weighted by molar-refractivity contribution is 0.158. The second kappa shape index (κ2) is 4.64. The zero-order valence-electron chi connectivity index (χ0n) is 8.67. The summed E-state index contributed by atoms with van der Waals surface area (Å²) in [5, 5.41) is 13.0. The Balaban J connectivity index is 2.32. The van der Waals surface area contributed by atoms with E-state index in [1.165, 1.54) is 5.56 Å². The van der Waals surface area contributed by atoms with E-state index in [1.54, 1.807) is 0 Å². The summed E-state index contributed by atoms with van der Waals surface area (Å²) in [7, 11) is 0. The Bertz CT molecular complexity index is 334. The lowest BCUT2D eigenvalue weighted by Crippen LogP contribution is -2.42. The smallest absolute Gasteiger partial charge is 0.0528 e. The number of halogens is 1. The molecule has 1 heterocycles. The van der Waals surface area contributed by atoms with Crippen molar-refractivity contribution in [3.63, 3.8) is 0 Å². The number of hydrogen-bond donors (Lipinski definition) is 2. The predicted molar refractivity (Wildman–Crippen MR) is 65.0 cm³/mol. The molecule has 0 aromatic heterocycles. The van der Waals surface area contributed by atoms with Crippen LogP contribution in [0, 0.1) is 0 Å². The Morgan fingerprint density at radius 2 is 2.07 bits per heavy atom. The number of nitrogens with one attached hydrogen (secondary N) is 1. The highest BCUT2D eigenvalue weighted by atomic mass is 79.9. The maximum atomic E-state index is 9.64. The molecule has 1 aromatic carbocycles. The molecule has 1 aliphatic heterocycles. The highest BCUT2D eigenvalue weighted by molar-refractivity contribution is 9.10. The molecule has 1 aromatic rings. The van der Waals surface area contributed by atoms with Crippen LogP contribution in [0.4, 0.5) is 0 Å². The first-order chi connectivity index (χ1) is 7.27. The van der Waals surface area contributed by atoms with Crippen molar-refractivity contribution < 1.29 is 5.11 Å². The minimum Gasteiger partial charge on any atom is -0.395 e. The van der Waals surface area contributed by atoms with Gasteiger partial charge in [0.2, 0.25) is 0 Å². The number of aliphatic hydroxyl groups is 1. The summed E-state index contributed by atoms with van der Waals surface area (Å²) in [4.78, 5) is 0. The maximum absolute atomic E-state index is 9.64. The summed E-state index contributed by atoms with van der Waals surface area (Å²) in [6.45, 7) is 2.23. The molecule has 1 aliphatic rings. The Labute approximate surface area is 98.8 Å². The molecule has 0 aliphatic carbocycles. The summed E-state index contributed by atoms with van der Waals surface area (Å²) in [6.07, 6.45) is 2.03. The van der Waals surface area contributed by atoms with Crippen molar-refractivity contribution in [1.29, 1.82) is 0 Å². The Morgan fingerprint density at radius 1 is 1.33 bits per heavy atom. The van der Waals surface area contributed by atoms with Gasteiger partial charge in [0.1, 0.15) is 0 Å². The van der Waals surface area contributed by atoms with Crippen LogP contribution in [0.1, 0.15) is 18.4 Å². The molecule has 2 nitrogen and oxygen atoms in total. The molecule has 0 unspecified atom stereocenters. The molecule has 2 N–H and O–H groups in total. The summed E-state index contributed by atoms with van der Waals surface area (Å²) >= 11 is 3.48. The Hall–Kier alpha value is -0.380. The molecule has 0 saturated carbocycles. The van der Waals surface area contributed by atoms with E-state index in [1.807, 2.05) is 12.1 Å². The van der Waals surface area contributed by atoms with Crippen LogP contribution in [0.15, 0.2) is 28.7 Å². The third kappa shape index (κ3) is 2.25. The molecule has 2 rings (SSSR count). The Kier molecular flexibility index (Phi) is 3.44. The van der Waals surface area contributed by atoms with Gasteiger partial charge in [-0.1, -0.05) is 28.1 Å². The van der Waals surface area contributed by atoms with Gasteiger partial charge in [-0.05, 0) is 43.6 Å². The third-order valence-electron chi connectivity index (χ3n) is 3.30. The van der Waals surface area contributed by atoms with Gasteiger partial charge in [-0.2, -0.15) is 0 Å². The van der Waals surface area contributed by atoms with Crippen molar-refractivity contribution >= 4 is 15.9 Å². The highest BCUT2D eigenvalue weighted by Crippen LogP contribution is 2.34. The van der Waals surface area contributed by atoms with E-state index in [-0.39, 0.29) is 12.0 Å². The van der Waals surface area contributed by atoms with Gasteiger partial charge < -0.3 is 10.4 Å². The summed E-state index contributed by atoms with van der Waals surface area (Å²) in [6, 6.07) is 8.31. The van der Waals surface area contributed by atoms with Crippen molar-refractivity contribution in [2.45, 2.75) is 18.3 Å². The van der Waals surface area contributed by atoms with Crippen LogP contribution in [0.25, 0.3) is 0 Å². The molecule has 0 radical (unpaired) electrons. The van der Waals surface area contributed by atoms with Crippen LogP contribution in [0.2, 0.25) is 0 Å². The van der Waals surface area contributed by atoms with Crippen LogP contribution in [-0.4, -0.2) is 24.8 Å². The van der Waals surface area contributed by atoms with Crippen LogP contribution in [0.3, 0.4) is 0 Å². The molecule has 15 heavy (non-hydrogen) atoms. The fraction of sp³-hybridized carbons (Fsp3) is 0.500. The van der Waals surface area contributed by atoms with Gasteiger partial charge in [0.15, 0.2) is 0 Å². The molecule has 0 spiro atoms. The predicted octanol–water partition coefficient (Wildman–Crippen LogP) is 2.06. The Morgan fingerprint density at radius 3 is 2.67 bits per heavy atom. The van der Waals surface area contributed by atoms with Gasteiger partial charge in [0.05, 0.1) is 6.61 Å². The highest BCUT2D eigenvalue weighted by Gasteiger charge is 2.33. The zero-order chi connectivity index (χ0) is 10.7. The summed E-state index contributed by atoms with van der Waals surface area (Å²) < 4.78 is 1.09. The number of benzene rings is 1. The molecular formula is C12H16BrNO. The number of rotatable bonds is 2. The minimum atomic E-state index is -0.0327. The monoisotopic (exact) mass is 269 g/mol. The molecule has 82 valence electrons. The zero-order valence-corrected chi connectivity index (χ0v) is 10.3. The molecule has 3 heteroatoms. The summed E-state index contributed by atoms with van der Waals surface area (Å²) in [5.41, 5.74) is 1.22. The maximum Gasteiger partial charge on any atom is 0.0528 e. The molecule has 0 bridgehead atoms. The topological polar surface area (TPSA) is 32.3 Å². The van der Waals surface area contributed by atoms with Crippen molar-refractivity contribution in [3.05, 3.63) is 34.3 Å². The number of hydrogen-bond acceptors (Lipinski definition) is 2. The third-order valence-corrected chi connectivity index (χ3v) is 3.79. The second-order valence-electron chi connectivity index (χ2n) is 4.20. The first kappa shape index (κ1) is 11.1. The van der Waals surface area contributed by atoms with Crippen LogP contribution < -0.4 is 5.32 Å². The van der Waals surface area contributed by atoms with Crippen molar-refractivity contribution in [3.8, 4) is 0 Å². The normalized spacial score (nSPS) is 20.1. The van der Waals surface area contributed by atoms with E-state index in [4.69, 9.17) is 0 Å². The van der Waals surface area contributed by atoms with Gasteiger partial charge in [-0.25, -0.2) is 0 Å². The first-order valence-electron chi connectivity index (χ1n) is 5.34. The van der Waals surface area contributed by atoms with E-state index >= 15 is 0 Å². The lowest BCUT2D eigenvalue weighted by atomic mass is 9.74. The lowest BCUT2D eigenvalue weighted by Gasteiger charge is -2.36. The molecule has 1 saturated heterocycles. The standard InChI is InChI=1S/C12H16BrNO/c13-11-3-1-2-10(8-11)12(9-15)4-6-14-7-5-12/h1-3,8,14-15H,4-7,9H2. The van der Waals surface area contributed by atoms with Crippen LogP contribution in [0.5, 0.6) is 0 Å². The molecule has 0 amide bonds. The largest absolute Gasteiger partial charge is 0.395 e. The van der Waals surface area contributed by atoms with Crippen molar-refractivity contribution in [2.75, 3.05) is 19.7 Å². The van der Waals surface area contributed by atoms with E-state index in [0.717, 1.165) is 30.4 Å². The van der Waals surface area contributed by atoms with Crippen LogP contribution in [-0.2, 0) is 5.41 Å². The molecule has 1 fully saturated rings. The van der Waals surface area contributed by atoms with Crippen molar-refractivity contribution in [1.82, 2.24) is 5.32 Å². The van der Waals surface area contributed by atoms with E-state index in [9.17, 15) is 5.11 Å². The fourth-order valence-electron chi connectivity index (χ4n) is 2.26. The minimum absolute atomic E-state index is 0.0327. The van der Waals surface area contributed by atoms with Gasteiger partial charge in [0.25, 0.3) is 0 Å². The van der Waals surface area contributed by atoms with Gasteiger partial charge in [0, 0.05) is 9.89 Å². The average molecular weight is 270 g/mol. The van der Waals surface area contributed by atoms with E-state index in [0.29, 0.717) is 0 Å². The molecular weight excluding hydrogens is 254 g/mol. The van der Waals surface area contributed by atoms with Gasteiger partial charge in [-0.15, -0.1) is 0 Å². The first-order valence-corrected chi connectivity index (χ1v) is 6.14. The number of piperidine rings is 1. The quantitative estimate of drug-likeness (QED) is 0.862. The summed E-state index contributed by atoms with van der Waals surface area (Å²) in [5.74, 6) is 0. The van der Waals surface area contributed by atoms with Crippen LogP contribution >= 0.6 is 15.9 Å². The SMILES string of the molecule is OCC1(c2cccc(Br)c2)CCNCC1.